The number of hydrogen-bond acceptors (Lipinski definition) is 5. The largest absolute Gasteiger partial charge is 0.459 e. The normalized spacial score (nSPS) is 20.0. The summed E-state index contributed by atoms with van der Waals surface area (Å²) in [4.78, 5) is 11.7. The number of hydrogen-bond donors (Lipinski definition) is 1. The van der Waals surface area contributed by atoms with Crippen LogP contribution in [0.25, 0.3) is 0 Å². The zero-order valence-electron chi connectivity index (χ0n) is 11.9. The van der Waals surface area contributed by atoms with Gasteiger partial charge in [0.15, 0.2) is 0 Å². The average Bonchev–Trinajstić information content (AvgIpc) is 2.27. The van der Waals surface area contributed by atoms with Crippen LogP contribution < -0.4 is 4.72 Å². The molecular weight excluding hydrogens is 270 g/mol. The monoisotopic (exact) mass is 293 g/mol. The first-order chi connectivity index (χ1) is 8.62. The van der Waals surface area contributed by atoms with Crippen LogP contribution in [-0.4, -0.2) is 44.5 Å². The summed E-state index contributed by atoms with van der Waals surface area (Å²) in [5, 5.41) is -0.494. The lowest BCUT2D eigenvalue weighted by molar-refractivity contribution is -0.156. The molecule has 0 unspecified atom stereocenters. The summed E-state index contributed by atoms with van der Waals surface area (Å²) in [6.07, 6.45) is 0.909. The third-order valence-corrected chi connectivity index (χ3v) is 4.74. The second-order valence-electron chi connectivity index (χ2n) is 5.73. The fourth-order valence-corrected chi connectivity index (χ4v) is 3.36. The molecule has 19 heavy (non-hydrogen) atoms. The van der Waals surface area contributed by atoms with Gasteiger partial charge in [-0.1, -0.05) is 0 Å². The van der Waals surface area contributed by atoms with E-state index in [0.29, 0.717) is 26.1 Å². The van der Waals surface area contributed by atoms with Crippen molar-refractivity contribution in [2.24, 2.45) is 0 Å². The van der Waals surface area contributed by atoms with Crippen molar-refractivity contribution >= 4 is 16.0 Å². The first-order valence-corrected chi connectivity index (χ1v) is 7.98. The Morgan fingerprint density at radius 1 is 1.32 bits per heavy atom. The van der Waals surface area contributed by atoms with E-state index in [4.69, 9.17) is 9.47 Å². The van der Waals surface area contributed by atoms with Crippen LogP contribution >= 0.6 is 0 Å². The molecule has 0 aromatic rings. The van der Waals surface area contributed by atoms with Crippen molar-refractivity contribution < 1.29 is 22.7 Å². The van der Waals surface area contributed by atoms with E-state index in [0.717, 1.165) is 0 Å². The third-order valence-electron chi connectivity index (χ3n) is 2.71. The minimum absolute atomic E-state index is 0.437. The highest BCUT2D eigenvalue weighted by molar-refractivity contribution is 7.90. The van der Waals surface area contributed by atoms with Crippen molar-refractivity contribution in [2.45, 2.75) is 57.4 Å². The molecule has 7 heteroatoms. The van der Waals surface area contributed by atoms with E-state index in [1.807, 2.05) is 0 Å². The molecule has 0 bridgehead atoms. The minimum atomic E-state index is -3.51. The molecule has 1 saturated heterocycles. The van der Waals surface area contributed by atoms with Crippen LogP contribution in [0.1, 0.15) is 40.5 Å². The van der Waals surface area contributed by atoms with E-state index < -0.39 is 32.9 Å². The van der Waals surface area contributed by atoms with E-state index in [-0.39, 0.29) is 0 Å². The van der Waals surface area contributed by atoms with Gasteiger partial charge in [0, 0.05) is 13.2 Å². The maximum Gasteiger partial charge on any atom is 0.324 e. The fraction of sp³-hybridized carbons (Fsp3) is 0.917. The van der Waals surface area contributed by atoms with E-state index in [9.17, 15) is 13.2 Å². The summed E-state index contributed by atoms with van der Waals surface area (Å²) in [6, 6.07) is -0.882. The van der Waals surface area contributed by atoms with Gasteiger partial charge in [-0.15, -0.1) is 0 Å². The van der Waals surface area contributed by atoms with Crippen LogP contribution in [0, 0.1) is 0 Å². The molecule has 0 spiro atoms. The third kappa shape index (κ3) is 5.46. The average molecular weight is 293 g/mol. The SMILES string of the molecule is C[C@H](NS(=O)(=O)C1CCOCC1)C(=O)OC(C)(C)C. The van der Waals surface area contributed by atoms with Crippen LogP contribution in [0.2, 0.25) is 0 Å². The highest BCUT2D eigenvalue weighted by atomic mass is 32.2. The second kappa shape index (κ2) is 6.19. The fourth-order valence-electron chi connectivity index (χ4n) is 1.77. The van der Waals surface area contributed by atoms with Gasteiger partial charge >= 0.3 is 5.97 Å². The first kappa shape index (κ1) is 16.4. The van der Waals surface area contributed by atoms with Crippen molar-refractivity contribution in [2.75, 3.05) is 13.2 Å². The molecule has 1 fully saturated rings. The van der Waals surface area contributed by atoms with Gasteiger partial charge in [0.2, 0.25) is 10.0 Å². The van der Waals surface area contributed by atoms with E-state index >= 15 is 0 Å². The Morgan fingerprint density at radius 2 is 1.84 bits per heavy atom. The standard InChI is InChI=1S/C12H23NO5S/c1-9(11(14)18-12(2,3)4)13-19(15,16)10-5-7-17-8-6-10/h9-10,13H,5-8H2,1-4H3/t9-/m0/s1. The summed E-state index contributed by atoms with van der Waals surface area (Å²) in [5.74, 6) is -0.567. The molecule has 6 nitrogen and oxygen atoms in total. The Hall–Kier alpha value is -0.660. The Morgan fingerprint density at radius 3 is 2.32 bits per heavy atom. The second-order valence-corrected chi connectivity index (χ2v) is 7.72. The molecule has 112 valence electrons. The molecular formula is C12H23NO5S. The molecule has 0 saturated carbocycles. The zero-order valence-corrected chi connectivity index (χ0v) is 12.7. The zero-order chi connectivity index (χ0) is 14.7. The maximum absolute atomic E-state index is 12.1. The Kier molecular flexibility index (Phi) is 5.34. The summed E-state index contributed by atoms with van der Waals surface area (Å²) in [6.45, 7) is 7.59. The number of ether oxygens (including phenoxy) is 2. The van der Waals surface area contributed by atoms with Crippen LogP contribution in [-0.2, 0) is 24.3 Å². The molecule has 0 aromatic carbocycles. The van der Waals surface area contributed by atoms with Gasteiger partial charge in [-0.25, -0.2) is 13.1 Å². The number of rotatable bonds is 4. The topological polar surface area (TPSA) is 81.7 Å². The van der Waals surface area contributed by atoms with E-state index in [1.54, 1.807) is 20.8 Å². The quantitative estimate of drug-likeness (QED) is 0.776. The summed E-state index contributed by atoms with van der Waals surface area (Å²) in [5.41, 5.74) is -0.630. The van der Waals surface area contributed by atoms with Crippen molar-refractivity contribution in [3.63, 3.8) is 0 Å². The lowest BCUT2D eigenvalue weighted by Crippen LogP contribution is -2.46. The molecule has 1 aliphatic heterocycles. The number of sulfonamides is 1. The van der Waals surface area contributed by atoms with E-state index in [1.165, 1.54) is 6.92 Å². The highest BCUT2D eigenvalue weighted by Crippen LogP contribution is 2.16. The van der Waals surface area contributed by atoms with Gasteiger partial charge in [-0.2, -0.15) is 0 Å². The van der Waals surface area contributed by atoms with Crippen molar-refractivity contribution in [1.29, 1.82) is 0 Å². The Bertz CT molecular complexity index is 406. The summed E-state index contributed by atoms with van der Waals surface area (Å²) >= 11 is 0. The van der Waals surface area contributed by atoms with Crippen LogP contribution in [0.3, 0.4) is 0 Å². The number of carbonyl (C=O) groups excluding carboxylic acids is 1. The first-order valence-electron chi connectivity index (χ1n) is 6.43. The molecule has 0 aromatic heterocycles. The van der Waals surface area contributed by atoms with Gasteiger partial charge in [0.1, 0.15) is 11.6 Å². The summed E-state index contributed by atoms with van der Waals surface area (Å²) < 4.78 is 36.8. The van der Waals surface area contributed by atoms with Gasteiger partial charge in [0.05, 0.1) is 5.25 Å². The highest BCUT2D eigenvalue weighted by Gasteiger charge is 2.32. The van der Waals surface area contributed by atoms with Crippen LogP contribution in [0.15, 0.2) is 0 Å². The van der Waals surface area contributed by atoms with Gasteiger partial charge in [0.25, 0.3) is 0 Å². The Labute approximate surface area is 114 Å². The predicted octanol–water partition coefficient (Wildman–Crippen LogP) is 0.815. The van der Waals surface area contributed by atoms with E-state index in [2.05, 4.69) is 4.72 Å². The molecule has 1 atom stereocenters. The number of esters is 1. The van der Waals surface area contributed by atoms with Gasteiger partial charge in [-0.05, 0) is 40.5 Å². The molecule has 0 amide bonds. The van der Waals surface area contributed by atoms with Gasteiger partial charge in [-0.3, -0.25) is 4.79 Å². The van der Waals surface area contributed by atoms with Crippen molar-refractivity contribution in [3.05, 3.63) is 0 Å². The molecule has 1 aliphatic rings. The van der Waals surface area contributed by atoms with Crippen LogP contribution in [0.5, 0.6) is 0 Å². The lowest BCUT2D eigenvalue weighted by Gasteiger charge is -2.26. The predicted molar refractivity (Wildman–Crippen MR) is 71.2 cm³/mol. The minimum Gasteiger partial charge on any atom is -0.459 e. The number of carbonyl (C=O) groups is 1. The molecule has 1 heterocycles. The number of nitrogens with one attached hydrogen (secondary N) is 1. The van der Waals surface area contributed by atoms with Crippen LogP contribution in [0.4, 0.5) is 0 Å². The molecule has 0 radical (unpaired) electrons. The summed E-state index contributed by atoms with van der Waals surface area (Å²) in [7, 11) is -3.51. The van der Waals surface area contributed by atoms with Gasteiger partial charge < -0.3 is 9.47 Å². The molecule has 0 aliphatic carbocycles. The Balaban J connectivity index is 2.59. The van der Waals surface area contributed by atoms with Crippen molar-refractivity contribution in [3.8, 4) is 0 Å². The van der Waals surface area contributed by atoms with Crippen molar-refractivity contribution in [1.82, 2.24) is 4.72 Å². The maximum atomic E-state index is 12.1. The molecule has 1 N–H and O–H groups in total. The lowest BCUT2D eigenvalue weighted by atomic mass is 10.2. The smallest absolute Gasteiger partial charge is 0.324 e. The molecule has 1 rings (SSSR count).